The van der Waals surface area contributed by atoms with Crippen molar-refractivity contribution in [3.05, 3.63) is 29.1 Å². The van der Waals surface area contributed by atoms with Gasteiger partial charge >= 0.3 is 5.92 Å². The molecule has 3 nitrogen and oxygen atoms in total. The fraction of sp³-hybridized carbons (Fsp3) is 0.333. The van der Waals surface area contributed by atoms with Crippen molar-refractivity contribution in [1.82, 2.24) is 4.98 Å². The summed E-state index contributed by atoms with van der Waals surface area (Å²) in [5.74, 6) is -3.74. The molecule has 0 radical (unpaired) electrons. The fourth-order valence-electron chi connectivity index (χ4n) is 1.05. The van der Waals surface area contributed by atoms with Gasteiger partial charge in [0.1, 0.15) is 11.8 Å². The molecule has 0 saturated heterocycles. The van der Waals surface area contributed by atoms with Crippen LogP contribution in [0.15, 0.2) is 12.1 Å². The number of nitriles is 1. The molecule has 1 rings (SSSR count). The fourth-order valence-corrected chi connectivity index (χ4v) is 1.05. The van der Waals surface area contributed by atoms with Gasteiger partial charge in [0.2, 0.25) is 0 Å². The molecule has 0 aliphatic heterocycles. The molecule has 0 aliphatic rings. The Morgan fingerprint density at radius 2 is 2.13 bits per heavy atom. The molecule has 1 aromatic rings. The number of nitrogens with two attached hydrogens (primary N) is 1. The van der Waals surface area contributed by atoms with E-state index in [0.717, 1.165) is 6.07 Å². The predicted molar refractivity (Wildman–Crippen MR) is 46.7 cm³/mol. The highest BCUT2D eigenvalue weighted by Gasteiger charge is 2.36. The molecule has 80 valence electrons. The minimum absolute atomic E-state index is 0.0406. The van der Waals surface area contributed by atoms with Gasteiger partial charge in [-0.1, -0.05) is 0 Å². The number of alkyl halides is 3. The van der Waals surface area contributed by atoms with E-state index in [1.807, 2.05) is 0 Å². The highest BCUT2D eigenvalue weighted by atomic mass is 19.3. The van der Waals surface area contributed by atoms with Gasteiger partial charge in [-0.25, -0.2) is 9.37 Å². The van der Waals surface area contributed by atoms with E-state index in [4.69, 9.17) is 11.0 Å². The van der Waals surface area contributed by atoms with E-state index in [-0.39, 0.29) is 17.8 Å². The van der Waals surface area contributed by atoms with Crippen molar-refractivity contribution in [3.63, 3.8) is 0 Å². The molecule has 0 aromatic carbocycles. The maximum absolute atomic E-state index is 13.0. The van der Waals surface area contributed by atoms with E-state index in [1.165, 1.54) is 12.1 Å². The number of halogens is 3. The minimum Gasteiger partial charge on any atom is -0.325 e. The molecule has 0 spiro atoms. The number of hydrogen-bond acceptors (Lipinski definition) is 3. The van der Waals surface area contributed by atoms with Crippen LogP contribution in [-0.4, -0.2) is 11.7 Å². The van der Waals surface area contributed by atoms with Crippen LogP contribution >= 0.6 is 0 Å². The van der Waals surface area contributed by atoms with Crippen LogP contribution < -0.4 is 5.73 Å². The van der Waals surface area contributed by atoms with E-state index in [1.54, 1.807) is 0 Å². The molecule has 6 heteroatoms. The van der Waals surface area contributed by atoms with Crippen LogP contribution in [0.2, 0.25) is 0 Å². The third kappa shape index (κ3) is 2.25. The Labute approximate surface area is 84.3 Å². The number of hydrogen-bond donors (Lipinski definition) is 1. The van der Waals surface area contributed by atoms with Gasteiger partial charge in [0.05, 0.1) is 11.3 Å². The van der Waals surface area contributed by atoms with Crippen molar-refractivity contribution < 1.29 is 13.2 Å². The van der Waals surface area contributed by atoms with Crippen LogP contribution in [0.1, 0.15) is 17.0 Å². The van der Waals surface area contributed by atoms with Gasteiger partial charge in [0.25, 0.3) is 0 Å². The van der Waals surface area contributed by atoms with Gasteiger partial charge in [-0.2, -0.15) is 14.0 Å². The average Bonchev–Trinajstić information content (AvgIpc) is 2.28. The van der Waals surface area contributed by atoms with Gasteiger partial charge in [-0.05, 0) is 12.1 Å². The largest absolute Gasteiger partial charge is 0.325 e. The van der Waals surface area contributed by atoms with Crippen LogP contribution in [0, 0.1) is 11.3 Å². The predicted octanol–water partition coefficient (Wildman–Crippen LogP) is 1.47. The van der Waals surface area contributed by atoms with Crippen molar-refractivity contribution >= 4 is 0 Å². The molecule has 2 N–H and O–H groups in total. The lowest BCUT2D eigenvalue weighted by atomic mass is 10.1. The second kappa shape index (κ2) is 4.28. The Hall–Kier alpha value is -1.61. The quantitative estimate of drug-likeness (QED) is 0.830. The zero-order chi connectivity index (χ0) is 11.5. The number of aromatic nitrogens is 1. The summed E-state index contributed by atoms with van der Waals surface area (Å²) in [6.45, 7) is -1.93. The monoisotopic (exact) mass is 215 g/mol. The number of pyridine rings is 1. The van der Waals surface area contributed by atoms with Gasteiger partial charge in [0, 0.05) is 6.54 Å². The Balaban J connectivity index is 3.31. The van der Waals surface area contributed by atoms with Crippen molar-refractivity contribution in [3.8, 4) is 6.07 Å². The van der Waals surface area contributed by atoms with E-state index >= 15 is 0 Å². The Morgan fingerprint density at radius 3 is 2.60 bits per heavy atom. The maximum Gasteiger partial charge on any atom is 0.318 e. The molecule has 0 amide bonds. The maximum atomic E-state index is 13.0. The first-order valence-corrected chi connectivity index (χ1v) is 4.09. The standard InChI is InChI=1S/C9H8F3N3/c10-5-9(11,12)8-6(3-13)1-2-7(4-14)15-8/h1-2H,4-5,14H2. The first kappa shape index (κ1) is 11.5. The van der Waals surface area contributed by atoms with E-state index in [9.17, 15) is 13.2 Å². The molecular weight excluding hydrogens is 207 g/mol. The van der Waals surface area contributed by atoms with Crippen LogP contribution in [0.4, 0.5) is 13.2 Å². The zero-order valence-electron chi connectivity index (χ0n) is 7.67. The summed E-state index contributed by atoms with van der Waals surface area (Å²) < 4.78 is 38.1. The molecule has 1 aromatic heterocycles. The van der Waals surface area contributed by atoms with Crippen molar-refractivity contribution in [1.29, 1.82) is 5.26 Å². The van der Waals surface area contributed by atoms with Crippen LogP contribution in [0.5, 0.6) is 0 Å². The molecule has 0 fully saturated rings. The Morgan fingerprint density at radius 1 is 1.47 bits per heavy atom. The SMILES string of the molecule is N#Cc1ccc(CN)nc1C(F)(F)CF. The molecule has 1 heterocycles. The summed E-state index contributed by atoms with van der Waals surface area (Å²) in [6, 6.07) is 4.06. The lowest BCUT2D eigenvalue weighted by Crippen LogP contribution is -2.21. The first-order chi connectivity index (χ1) is 7.05. The normalized spacial score (nSPS) is 11.1. The third-order valence-corrected chi connectivity index (χ3v) is 1.80. The summed E-state index contributed by atoms with van der Waals surface area (Å²) in [4.78, 5) is 3.47. The highest BCUT2D eigenvalue weighted by Crippen LogP contribution is 2.29. The molecule has 0 atom stereocenters. The van der Waals surface area contributed by atoms with E-state index < -0.39 is 18.3 Å². The summed E-state index contributed by atoms with van der Waals surface area (Å²) in [5.41, 5.74) is 4.21. The average molecular weight is 215 g/mol. The van der Waals surface area contributed by atoms with Crippen LogP contribution in [0.25, 0.3) is 0 Å². The topological polar surface area (TPSA) is 62.7 Å². The second-order valence-corrected chi connectivity index (χ2v) is 2.85. The molecule has 0 unspecified atom stereocenters. The molecule has 15 heavy (non-hydrogen) atoms. The van der Waals surface area contributed by atoms with Crippen molar-refractivity contribution in [2.75, 3.05) is 6.67 Å². The van der Waals surface area contributed by atoms with Crippen LogP contribution in [0.3, 0.4) is 0 Å². The third-order valence-electron chi connectivity index (χ3n) is 1.80. The second-order valence-electron chi connectivity index (χ2n) is 2.85. The van der Waals surface area contributed by atoms with Gasteiger partial charge < -0.3 is 5.73 Å². The van der Waals surface area contributed by atoms with Crippen molar-refractivity contribution in [2.45, 2.75) is 12.5 Å². The summed E-state index contributed by atoms with van der Waals surface area (Å²) >= 11 is 0. The number of nitrogens with zero attached hydrogens (tertiary/aromatic N) is 2. The van der Waals surface area contributed by atoms with E-state index in [2.05, 4.69) is 4.98 Å². The molecule has 0 bridgehead atoms. The highest BCUT2D eigenvalue weighted by molar-refractivity contribution is 5.36. The molecular formula is C9H8F3N3. The van der Waals surface area contributed by atoms with Crippen LogP contribution in [-0.2, 0) is 12.5 Å². The summed E-state index contributed by atoms with van der Waals surface area (Å²) in [7, 11) is 0. The summed E-state index contributed by atoms with van der Waals surface area (Å²) in [6.07, 6.45) is 0. The lowest BCUT2D eigenvalue weighted by molar-refractivity contribution is -0.0325. The number of rotatable bonds is 3. The smallest absolute Gasteiger partial charge is 0.318 e. The summed E-state index contributed by atoms with van der Waals surface area (Å²) in [5, 5.41) is 8.56. The first-order valence-electron chi connectivity index (χ1n) is 4.09. The van der Waals surface area contributed by atoms with Crippen molar-refractivity contribution in [2.24, 2.45) is 5.73 Å². The lowest BCUT2D eigenvalue weighted by Gasteiger charge is -2.13. The van der Waals surface area contributed by atoms with Gasteiger partial charge in [-0.15, -0.1) is 0 Å². The van der Waals surface area contributed by atoms with Gasteiger partial charge in [-0.3, -0.25) is 0 Å². The van der Waals surface area contributed by atoms with Gasteiger partial charge in [0.15, 0.2) is 6.67 Å². The molecule has 0 saturated carbocycles. The molecule has 0 aliphatic carbocycles. The van der Waals surface area contributed by atoms with E-state index in [0.29, 0.717) is 0 Å². The Bertz CT molecular complexity index is 398. The Kier molecular flexibility index (Phi) is 3.27. The zero-order valence-corrected chi connectivity index (χ0v) is 7.67. The minimum atomic E-state index is -3.74.